The molecule has 1 aliphatic heterocycles. The van der Waals surface area contributed by atoms with E-state index in [2.05, 4.69) is 5.32 Å². The molecule has 0 aromatic heterocycles. The number of allylic oxidation sites excluding steroid dienone is 1. The minimum Gasteiger partial charge on any atom is -0.464 e. The number of ether oxygens (including phenoxy) is 1. The van der Waals surface area contributed by atoms with E-state index < -0.39 is 19.6 Å². The number of carbonyl (C=O) groups excluding carboxylic acids is 1. The van der Waals surface area contributed by atoms with E-state index in [9.17, 15) is 19.1 Å². The fourth-order valence-electron chi connectivity index (χ4n) is 1.56. The van der Waals surface area contributed by atoms with Gasteiger partial charge in [-0.1, -0.05) is 13.8 Å². The lowest BCUT2D eigenvalue weighted by Gasteiger charge is -2.29. The van der Waals surface area contributed by atoms with E-state index in [0.717, 1.165) is 0 Å². The number of carbonyl (C=O) groups is 1. The van der Waals surface area contributed by atoms with Crippen LogP contribution in [0.15, 0.2) is 10.3 Å². The van der Waals surface area contributed by atoms with E-state index in [1.807, 2.05) is 13.8 Å². The molecule has 0 bridgehead atoms. The summed E-state index contributed by atoms with van der Waals surface area (Å²) in [4.78, 5) is 30.8. The van der Waals surface area contributed by atoms with Crippen LogP contribution in [0.3, 0.4) is 0 Å². The minimum atomic E-state index is -4.41. The summed E-state index contributed by atoms with van der Waals surface area (Å²) in [6.45, 7) is 5.63. The molecule has 0 aromatic carbocycles. The third kappa shape index (κ3) is 3.75. The zero-order valence-electron chi connectivity index (χ0n) is 10.5. The molecule has 104 valence electrons. The number of hydrogen-bond donors (Lipinski definition) is 3. The van der Waals surface area contributed by atoms with E-state index in [-0.39, 0.29) is 18.0 Å². The fourth-order valence-corrected chi connectivity index (χ4v) is 4.07. The maximum atomic E-state index is 11.6. The Hall–Kier alpha value is -0.490. The van der Waals surface area contributed by atoms with Gasteiger partial charge in [0, 0.05) is 10.7 Å². The summed E-state index contributed by atoms with van der Waals surface area (Å²) >= 11 is 1.29. The number of thioether (sulfide) groups is 1. The molecule has 0 fully saturated rings. The molecule has 0 unspecified atom stereocenters. The smallest absolute Gasteiger partial charge is 0.372 e. The molecule has 18 heavy (non-hydrogen) atoms. The maximum Gasteiger partial charge on any atom is 0.372 e. The summed E-state index contributed by atoms with van der Waals surface area (Å²) < 4.78 is 16.3. The van der Waals surface area contributed by atoms with Gasteiger partial charge in [0.05, 0.1) is 6.61 Å². The van der Waals surface area contributed by atoms with Crippen molar-refractivity contribution >= 4 is 25.3 Å². The lowest BCUT2D eigenvalue weighted by molar-refractivity contribution is -0.144. The first-order valence-electron chi connectivity index (χ1n) is 5.63. The first-order valence-corrected chi connectivity index (χ1v) is 8.23. The van der Waals surface area contributed by atoms with Crippen molar-refractivity contribution in [1.29, 1.82) is 0 Å². The molecule has 0 aromatic rings. The zero-order valence-corrected chi connectivity index (χ0v) is 12.3. The average molecular weight is 295 g/mol. The average Bonchev–Trinajstić information content (AvgIpc) is 2.27. The topological polar surface area (TPSA) is 95.9 Å². The third-order valence-corrected chi connectivity index (χ3v) is 4.93. The highest BCUT2D eigenvalue weighted by Crippen LogP contribution is 2.50. The first-order chi connectivity index (χ1) is 8.27. The van der Waals surface area contributed by atoms with Crippen LogP contribution >= 0.6 is 19.4 Å². The molecule has 1 aliphatic rings. The van der Waals surface area contributed by atoms with Crippen molar-refractivity contribution in [3.63, 3.8) is 0 Å². The van der Waals surface area contributed by atoms with Gasteiger partial charge in [0.1, 0.15) is 11.5 Å². The molecule has 0 amide bonds. The van der Waals surface area contributed by atoms with Gasteiger partial charge in [-0.3, -0.25) is 4.57 Å². The van der Waals surface area contributed by atoms with Crippen LogP contribution < -0.4 is 5.32 Å². The van der Waals surface area contributed by atoms with Crippen LogP contribution in [-0.4, -0.2) is 34.2 Å². The van der Waals surface area contributed by atoms with Gasteiger partial charge in [-0.15, -0.1) is 11.8 Å². The van der Waals surface area contributed by atoms with Gasteiger partial charge >= 0.3 is 13.6 Å². The Morgan fingerprint density at radius 3 is 2.67 bits per heavy atom. The van der Waals surface area contributed by atoms with Crippen LogP contribution in [0.1, 0.15) is 20.8 Å². The molecule has 1 atom stereocenters. The number of hydrogen-bond acceptors (Lipinski definition) is 5. The van der Waals surface area contributed by atoms with Crippen molar-refractivity contribution in [2.75, 3.05) is 12.4 Å². The Balaban J connectivity index is 2.97. The van der Waals surface area contributed by atoms with Gasteiger partial charge < -0.3 is 19.8 Å². The quantitative estimate of drug-likeness (QED) is 0.530. The van der Waals surface area contributed by atoms with Crippen molar-refractivity contribution in [2.24, 2.45) is 5.92 Å². The zero-order chi connectivity index (χ0) is 13.9. The predicted octanol–water partition coefficient (Wildman–Crippen LogP) is 1.26. The van der Waals surface area contributed by atoms with Gasteiger partial charge in [-0.2, -0.15) is 0 Å². The van der Waals surface area contributed by atoms with E-state index in [1.54, 1.807) is 6.92 Å². The summed E-state index contributed by atoms with van der Waals surface area (Å²) in [7, 11) is -4.41. The summed E-state index contributed by atoms with van der Waals surface area (Å²) in [6.07, 6.45) is 0. The molecule has 1 rings (SSSR count). The van der Waals surface area contributed by atoms with E-state index in [4.69, 9.17) is 4.74 Å². The van der Waals surface area contributed by atoms with Crippen LogP contribution in [0.5, 0.6) is 0 Å². The van der Waals surface area contributed by atoms with Gasteiger partial charge in [0.25, 0.3) is 0 Å². The molecule has 0 radical (unpaired) electrons. The van der Waals surface area contributed by atoms with Crippen LogP contribution in [-0.2, 0) is 14.1 Å². The summed E-state index contributed by atoms with van der Waals surface area (Å²) in [5.41, 5.74) is -0.146. The Morgan fingerprint density at radius 2 is 2.22 bits per heavy atom. The Morgan fingerprint density at radius 1 is 1.61 bits per heavy atom. The largest absolute Gasteiger partial charge is 0.464 e. The molecule has 1 heterocycles. The third-order valence-electron chi connectivity index (χ3n) is 2.34. The molecule has 0 saturated heterocycles. The Kier molecular flexibility index (Phi) is 5.28. The van der Waals surface area contributed by atoms with Crippen LogP contribution in [0.25, 0.3) is 0 Å². The van der Waals surface area contributed by atoms with Gasteiger partial charge in [0.2, 0.25) is 0 Å². The van der Waals surface area contributed by atoms with Crippen molar-refractivity contribution in [1.82, 2.24) is 5.32 Å². The van der Waals surface area contributed by atoms with Crippen molar-refractivity contribution in [3.05, 3.63) is 10.3 Å². The summed E-state index contributed by atoms with van der Waals surface area (Å²) in [5.74, 6) is -0.0809. The highest BCUT2D eigenvalue weighted by atomic mass is 32.2. The normalized spacial score (nSPS) is 20.9. The first kappa shape index (κ1) is 15.6. The summed E-state index contributed by atoms with van der Waals surface area (Å²) in [6, 6.07) is -0.708. The Bertz CT molecular complexity index is 403. The molecule has 0 aliphatic carbocycles. The standard InChI is InChI=1S/C10H18NO5PS/c1-4-16-10(12)7-5-18-8(6(2)3)9(11-7)17(13,14)15/h6-7,11H,4-5H2,1-3H3,(H2,13,14,15)/t7-/m0/s1. The minimum absolute atomic E-state index is 0.00623. The van der Waals surface area contributed by atoms with Gasteiger partial charge in [-0.05, 0) is 12.8 Å². The van der Waals surface area contributed by atoms with Crippen LogP contribution in [0.4, 0.5) is 0 Å². The summed E-state index contributed by atoms with van der Waals surface area (Å²) in [5, 5.41) is 2.63. The molecule has 8 heteroatoms. The molecule has 3 N–H and O–H groups in total. The fraction of sp³-hybridized carbons (Fsp3) is 0.700. The lowest BCUT2D eigenvalue weighted by atomic mass is 10.2. The monoisotopic (exact) mass is 295 g/mol. The molecular formula is C10H18NO5PS. The van der Waals surface area contributed by atoms with Gasteiger partial charge in [-0.25, -0.2) is 4.79 Å². The maximum absolute atomic E-state index is 11.6. The van der Waals surface area contributed by atoms with Crippen molar-refractivity contribution < 1.29 is 23.9 Å². The molecular weight excluding hydrogens is 277 g/mol. The van der Waals surface area contributed by atoms with Crippen LogP contribution in [0.2, 0.25) is 0 Å². The Labute approximate surface area is 110 Å². The van der Waals surface area contributed by atoms with E-state index >= 15 is 0 Å². The molecule has 0 spiro atoms. The lowest BCUT2D eigenvalue weighted by Crippen LogP contribution is -2.42. The van der Waals surface area contributed by atoms with Crippen LogP contribution in [0, 0.1) is 5.92 Å². The number of esters is 1. The van der Waals surface area contributed by atoms with E-state index in [0.29, 0.717) is 10.7 Å². The second kappa shape index (κ2) is 6.10. The molecule has 6 nitrogen and oxygen atoms in total. The van der Waals surface area contributed by atoms with Crippen molar-refractivity contribution in [2.45, 2.75) is 26.8 Å². The predicted molar refractivity (Wildman–Crippen MR) is 69.9 cm³/mol. The number of nitrogens with one attached hydrogen (secondary N) is 1. The highest BCUT2D eigenvalue weighted by Gasteiger charge is 2.35. The molecule has 0 saturated carbocycles. The number of rotatable bonds is 4. The SMILES string of the molecule is CCOC(=O)[C@@H]1CSC(C(C)C)=C(P(=O)(O)O)N1. The van der Waals surface area contributed by atoms with Crippen molar-refractivity contribution in [3.8, 4) is 0 Å². The second-order valence-corrected chi connectivity index (χ2v) is 6.77. The second-order valence-electron chi connectivity index (χ2n) is 4.17. The van der Waals surface area contributed by atoms with Gasteiger partial charge in [0.15, 0.2) is 0 Å². The highest BCUT2D eigenvalue weighted by molar-refractivity contribution is 8.03. The van der Waals surface area contributed by atoms with E-state index in [1.165, 1.54) is 11.8 Å².